The number of carbonyl (C=O) groups is 2. The summed E-state index contributed by atoms with van der Waals surface area (Å²) in [5, 5.41) is 11.3. The van der Waals surface area contributed by atoms with E-state index >= 15 is 0 Å². The highest BCUT2D eigenvalue weighted by Gasteiger charge is 2.52. The molecule has 7 heteroatoms. The molecule has 1 fully saturated rings. The Morgan fingerprint density at radius 1 is 1.20 bits per heavy atom. The molecule has 0 aliphatic heterocycles. The maximum absolute atomic E-state index is 12.2. The third-order valence-corrected chi connectivity index (χ3v) is 5.69. The zero-order chi connectivity index (χ0) is 15.0. The highest BCUT2D eigenvalue weighted by atomic mass is 32.2. The van der Waals surface area contributed by atoms with Crippen LogP contribution in [0.5, 0.6) is 0 Å². The second kappa shape index (κ2) is 4.90. The van der Waals surface area contributed by atoms with Gasteiger partial charge >= 0.3 is 5.97 Å². The average molecular weight is 297 g/mol. The van der Waals surface area contributed by atoms with Gasteiger partial charge in [-0.25, -0.2) is 13.2 Å². The third kappa shape index (κ3) is 2.40. The van der Waals surface area contributed by atoms with Crippen molar-refractivity contribution in [1.82, 2.24) is 0 Å². The maximum Gasteiger partial charge on any atom is 0.335 e. The second-order valence-electron chi connectivity index (χ2n) is 4.96. The number of aromatic carboxylic acids is 1. The minimum Gasteiger partial charge on any atom is -0.478 e. The quantitative estimate of drug-likeness (QED) is 0.872. The highest BCUT2D eigenvalue weighted by molar-refractivity contribution is 7.93. The number of carboxylic acids is 1. The molecule has 0 spiro atoms. The minimum absolute atomic E-state index is 0.101. The number of hydrogen-bond acceptors (Lipinski definition) is 4. The van der Waals surface area contributed by atoms with Gasteiger partial charge in [0.05, 0.1) is 5.56 Å². The third-order valence-electron chi connectivity index (χ3n) is 3.67. The summed E-state index contributed by atoms with van der Waals surface area (Å²) in [5.41, 5.74) is 0.486. The number of benzene rings is 1. The van der Waals surface area contributed by atoms with Crippen LogP contribution in [0, 0.1) is 0 Å². The molecule has 0 bridgehead atoms. The average Bonchev–Trinajstić information content (AvgIpc) is 2.25. The topological polar surface area (TPSA) is 101 Å². The van der Waals surface area contributed by atoms with Gasteiger partial charge in [-0.3, -0.25) is 4.79 Å². The molecule has 0 saturated heterocycles. The molecule has 0 aromatic heterocycles. The van der Waals surface area contributed by atoms with Crippen LogP contribution in [-0.2, 0) is 14.6 Å². The van der Waals surface area contributed by atoms with Crippen LogP contribution in [0.4, 0.5) is 5.69 Å². The Morgan fingerprint density at radius 2 is 1.75 bits per heavy atom. The van der Waals surface area contributed by atoms with Crippen LogP contribution in [0.2, 0.25) is 0 Å². The molecule has 6 nitrogen and oxygen atoms in total. The SMILES string of the molecule is CS(=O)(=O)C1(C(=O)Nc2ccc(C(=O)O)cc2)CCC1. The number of hydrogen-bond donors (Lipinski definition) is 2. The summed E-state index contributed by atoms with van der Waals surface area (Å²) in [5.74, 6) is -1.61. The Labute approximate surface area is 116 Å². The predicted molar refractivity (Wildman–Crippen MR) is 73.5 cm³/mol. The predicted octanol–water partition coefficient (Wildman–Crippen LogP) is 1.29. The molecule has 2 N–H and O–H groups in total. The van der Waals surface area contributed by atoms with Crippen LogP contribution in [0.3, 0.4) is 0 Å². The van der Waals surface area contributed by atoms with Crippen molar-refractivity contribution in [1.29, 1.82) is 0 Å². The fourth-order valence-corrected chi connectivity index (χ4v) is 3.62. The smallest absolute Gasteiger partial charge is 0.335 e. The zero-order valence-corrected chi connectivity index (χ0v) is 11.7. The van der Waals surface area contributed by atoms with Crippen LogP contribution in [0.25, 0.3) is 0 Å². The molecule has 108 valence electrons. The van der Waals surface area contributed by atoms with Crippen molar-refractivity contribution < 1.29 is 23.1 Å². The first-order valence-corrected chi connectivity index (χ1v) is 8.00. The number of carbonyl (C=O) groups excluding carboxylic acids is 1. The van der Waals surface area contributed by atoms with Crippen LogP contribution in [0.15, 0.2) is 24.3 Å². The Hall–Kier alpha value is -1.89. The monoisotopic (exact) mass is 297 g/mol. The van der Waals surface area contributed by atoms with E-state index in [-0.39, 0.29) is 5.56 Å². The zero-order valence-electron chi connectivity index (χ0n) is 10.9. The molecule has 2 rings (SSSR count). The minimum atomic E-state index is -3.47. The Bertz CT molecular complexity index is 644. The van der Waals surface area contributed by atoms with Crippen molar-refractivity contribution in [2.75, 3.05) is 11.6 Å². The van der Waals surface area contributed by atoms with Crippen LogP contribution >= 0.6 is 0 Å². The van der Waals surface area contributed by atoms with Gasteiger partial charge < -0.3 is 10.4 Å². The van der Waals surface area contributed by atoms with E-state index < -0.39 is 26.5 Å². The number of amides is 1. The van der Waals surface area contributed by atoms with Crippen molar-refractivity contribution in [3.63, 3.8) is 0 Å². The lowest BCUT2D eigenvalue weighted by Crippen LogP contribution is -2.54. The summed E-state index contributed by atoms with van der Waals surface area (Å²) in [6.07, 6.45) is 2.42. The number of nitrogens with one attached hydrogen (secondary N) is 1. The van der Waals surface area contributed by atoms with Crippen molar-refractivity contribution in [2.45, 2.75) is 24.0 Å². The number of rotatable bonds is 4. The highest BCUT2D eigenvalue weighted by Crippen LogP contribution is 2.39. The van der Waals surface area contributed by atoms with Gasteiger partial charge in [-0.1, -0.05) is 0 Å². The van der Waals surface area contributed by atoms with E-state index in [2.05, 4.69) is 5.32 Å². The number of anilines is 1. The number of sulfone groups is 1. The molecule has 1 aliphatic rings. The molecule has 0 heterocycles. The Kier molecular flexibility index (Phi) is 3.56. The second-order valence-corrected chi connectivity index (χ2v) is 7.28. The van der Waals surface area contributed by atoms with Gasteiger partial charge in [0.15, 0.2) is 14.6 Å². The van der Waals surface area contributed by atoms with Crippen LogP contribution < -0.4 is 5.32 Å². The van der Waals surface area contributed by atoms with Crippen molar-refractivity contribution in [2.24, 2.45) is 0 Å². The van der Waals surface area contributed by atoms with E-state index in [1.54, 1.807) is 0 Å². The largest absolute Gasteiger partial charge is 0.478 e. The van der Waals surface area contributed by atoms with E-state index in [0.29, 0.717) is 24.9 Å². The molecule has 0 unspecified atom stereocenters. The molecular formula is C13H15NO5S. The van der Waals surface area contributed by atoms with E-state index in [9.17, 15) is 18.0 Å². The van der Waals surface area contributed by atoms with Gasteiger partial charge in [0.1, 0.15) is 0 Å². The lowest BCUT2D eigenvalue weighted by atomic mass is 9.83. The fraction of sp³-hybridized carbons (Fsp3) is 0.385. The first kappa shape index (κ1) is 14.5. The summed E-state index contributed by atoms with van der Waals surface area (Å²) in [6, 6.07) is 5.59. The molecule has 1 saturated carbocycles. The summed E-state index contributed by atoms with van der Waals surface area (Å²) in [7, 11) is -3.47. The molecular weight excluding hydrogens is 282 g/mol. The van der Waals surface area contributed by atoms with Gasteiger partial charge in [0.25, 0.3) is 0 Å². The molecule has 0 radical (unpaired) electrons. The van der Waals surface area contributed by atoms with Gasteiger partial charge in [-0.2, -0.15) is 0 Å². The first-order valence-electron chi connectivity index (χ1n) is 6.11. The molecule has 20 heavy (non-hydrogen) atoms. The number of carboxylic acid groups (broad SMARTS) is 1. The van der Waals surface area contributed by atoms with Crippen molar-refractivity contribution >= 4 is 27.4 Å². The lowest BCUT2D eigenvalue weighted by molar-refractivity contribution is -0.120. The van der Waals surface area contributed by atoms with E-state index in [1.807, 2.05) is 0 Å². The van der Waals surface area contributed by atoms with Crippen LogP contribution in [-0.4, -0.2) is 36.4 Å². The Balaban J connectivity index is 2.17. The molecule has 1 aromatic rings. The summed E-state index contributed by atoms with van der Waals surface area (Å²) in [4.78, 5) is 22.9. The van der Waals surface area contributed by atoms with Gasteiger partial charge in [0, 0.05) is 11.9 Å². The van der Waals surface area contributed by atoms with Gasteiger partial charge in [-0.15, -0.1) is 0 Å². The summed E-state index contributed by atoms with van der Waals surface area (Å²) in [6.45, 7) is 0. The first-order chi connectivity index (χ1) is 9.26. The van der Waals surface area contributed by atoms with Crippen molar-refractivity contribution in [3.05, 3.63) is 29.8 Å². The van der Waals surface area contributed by atoms with Crippen LogP contribution in [0.1, 0.15) is 29.6 Å². The molecule has 1 aromatic carbocycles. The summed E-state index contributed by atoms with van der Waals surface area (Å²) < 4.78 is 22.2. The maximum atomic E-state index is 12.2. The van der Waals surface area contributed by atoms with E-state index in [1.165, 1.54) is 24.3 Å². The van der Waals surface area contributed by atoms with Gasteiger partial charge in [-0.05, 0) is 43.5 Å². The van der Waals surface area contributed by atoms with Crippen molar-refractivity contribution in [3.8, 4) is 0 Å². The molecule has 0 atom stereocenters. The van der Waals surface area contributed by atoms with E-state index in [4.69, 9.17) is 5.11 Å². The fourth-order valence-electron chi connectivity index (χ4n) is 2.21. The lowest BCUT2D eigenvalue weighted by Gasteiger charge is -2.38. The summed E-state index contributed by atoms with van der Waals surface area (Å²) >= 11 is 0. The van der Waals surface area contributed by atoms with E-state index in [0.717, 1.165) is 6.26 Å². The standard InChI is InChI=1S/C13H15NO5S/c1-20(18,19)13(7-2-8-13)12(17)14-10-5-3-9(4-6-10)11(15)16/h3-6H,2,7-8H2,1H3,(H,14,17)(H,15,16). The Morgan fingerprint density at radius 3 is 2.10 bits per heavy atom. The van der Waals surface area contributed by atoms with Gasteiger partial charge in [0.2, 0.25) is 5.91 Å². The molecule has 1 aliphatic carbocycles. The normalized spacial score (nSPS) is 17.1. The molecule has 1 amide bonds.